The van der Waals surface area contributed by atoms with Gasteiger partial charge in [-0.1, -0.05) is 0 Å². The minimum Gasteiger partial charge on any atom is -0.351 e. The van der Waals surface area contributed by atoms with E-state index in [1.54, 1.807) is 13.2 Å². The van der Waals surface area contributed by atoms with Crippen LogP contribution in [0.4, 0.5) is 13.2 Å². The minimum absolute atomic E-state index is 0. The third-order valence-electron chi connectivity index (χ3n) is 3.84. The van der Waals surface area contributed by atoms with Crippen molar-refractivity contribution in [3.63, 3.8) is 0 Å². The first kappa shape index (κ1) is 20.0. The Labute approximate surface area is 150 Å². The zero-order valence-corrected chi connectivity index (χ0v) is 15.4. The summed E-state index contributed by atoms with van der Waals surface area (Å²) in [6.07, 6.45) is -2.51. The third-order valence-corrected chi connectivity index (χ3v) is 3.84. The van der Waals surface area contributed by atoms with Gasteiger partial charge in [-0.05, 0) is 13.0 Å². The summed E-state index contributed by atoms with van der Waals surface area (Å²) in [4.78, 5) is 7.61. The monoisotopic (exact) mass is 446 g/mol. The molecule has 1 aromatic rings. The Hall–Kier alpha value is -1.04. The van der Waals surface area contributed by atoms with Crippen molar-refractivity contribution < 1.29 is 13.2 Å². The second-order valence-corrected chi connectivity index (χ2v) is 5.22. The lowest BCUT2D eigenvalue weighted by molar-refractivity contribution is -0.181. The van der Waals surface area contributed by atoms with E-state index in [9.17, 15) is 13.2 Å². The number of nitrogens with zero attached hydrogens (tertiary/aromatic N) is 4. The van der Waals surface area contributed by atoms with Crippen LogP contribution in [0.2, 0.25) is 0 Å². The number of H-pyrrole nitrogens is 1. The average Bonchev–Trinajstić information content (AvgIpc) is 3.00. The molecular weight excluding hydrogens is 424 g/mol. The van der Waals surface area contributed by atoms with E-state index in [1.165, 1.54) is 11.8 Å². The standard InChI is InChI=1S/C13H21F3N6.HI/c1-10(13(14,15)16)21-5-7-22(8-6-21)12(17-2)18-9-11-3-4-19-20-11;/h3-4,10H,5-9H2,1-2H3,(H,17,18)(H,19,20);1H. The van der Waals surface area contributed by atoms with Crippen molar-refractivity contribution in [1.82, 2.24) is 25.3 Å². The number of hydrogen-bond acceptors (Lipinski definition) is 3. The summed E-state index contributed by atoms with van der Waals surface area (Å²) in [7, 11) is 1.67. The Morgan fingerprint density at radius 1 is 1.39 bits per heavy atom. The highest BCUT2D eigenvalue weighted by Gasteiger charge is 2.41. The number of rotatable bonds is 3. The molecule has 0 spiro atoms. The Balaban J connectivity index is 0.00000264. The normalized spacial score (nSPS) is 18.5. The molecule has 0 radical (unpaired) electrons. The number of piperazine rings is 1. The number of alkyl halides is 3. The van der Waals surface area contributed by atoms with Gasteiger partial charge in [0.05, 0.1) is 12.2 Å². The molecule has 23 heavy (non-hydrogen) atoms. The third kappa shape index (κ3) is 5.52. The zero-order valence-electron chi connectivity index (χ0n) is 13.1. The predicted octanol–water partition coefficient (Wildman–Crippen LogP) is 1.67. The minimum atomic E-state index is -4.18. The van der Waals surface area contributed by atoms with E-state index in [0.717, 1.165) is 5.69 Å². The Morgan fingerprint density at radius 2 is 2.04 bits per heavy atom. The predicted molar refractivity (Wildman–Crippen MR) is 92.9 cm³/mol. The number of nitrogens with one attached hydrogen (secondary N) is 2. The van der Waals surface area contributed by atoms with Gasteiger partial charge < -0.3 is 10.2 Å². The molecule has 0 saturated carbocycles. The fourth-order valence-corrected chi connectivity index (χ4v) is 2.42. The van der Waals surface area contributed by atoms with Crippen molar-refractivity contribution in [2.24, 2.45) is 4.99 Å². The van der Waals surface area contributed by atoms with Crippen LogP contribution >= 0.6 is 24.0 Å². The molecule has 1 saturated heterocycles. The van der Waals surface area contributed by atoms with Crippen LogP contribution in [0, 0.1) is 0 Å². The summed E-state index contributed by atoms with van der Waals surface area (Å²) in [5.74, 6) is 0.689. The highest BCUT2D eigenvalue weighted by molar-refractivity contribution is 14.0. The van der Waals surface area contributed by atoms with Gasteiger partial charge in [0.25, 0.3) is 0 Å². The lowest BCUT2D eigenvalue weighted by Crippen LogP contribution is -2.56. The number of guanidine groups is 1. The van der Waals surface area contributed by atoms with Gasteiger partial charge in [0, 0.05) is 39.4 Å². The van der Waals surface area contributed by atoms with E-state index in [2.05, 4.69) is 20.5 Å². The van der Waals surface area contributed by atoms with Gasteiger partial charge in [0.2, 0.25) is 0 Å². The van der Waals surface area contributed by atoms with Gasteiger partial charge in [-0.2, -0.15) is 18.3 Å². The van der Waals surface area contributed by atoms with Crippen LogP contribution in [0.1, 0.15) is 12.6 Å². The molecule has 1 aliphatic rings. The molecule has 6 nitrogen and oxygen atoms in total. The van der Waals surface area contributed by atoms with Gasteiger partial charge in [-0.3, -0.25) is 15.0 Å². The number of hydrogen-bond donors (Lipinski definition) is 2. The van der Waals surface area contributed by atoms with Crippen LogP contribution < -0.4 is 5.32 Å². The molecule has 1 atom stereocenters. The van der Waals surface area contributed by atoms with Crippen LogP contribution in [0.15, 0.2) is 17.3 Å². The topological polar surface area (TPSA) is 59.6 Å². The number of halogens is 4. The Kier molecular flexibility index (Phi) is 7.58. The highest BCUT2D eigenvalue weighted by atomic mass is 127. The SMILES string of the molecule is CN=C(NCc1ccn[nH]1)N1CCN(C(C)C(F)(F)F)CC1.I. The first-order chi connectivity index (χ1) is 10.4. The van der Waals surface area contributed by atoms with Crippen molar-refractivity contribution in [1.29, 1.82) is 0 Å². The molecule has 0 aromatic carbocycles. The van der Waals surface area contributed by atoms with Gasteiger partial charge in [-0.15, -0.1) is 24.0 Å². The van der Waals surface area contributed by atoms with Crippen LogP contribution in [0.3, 0.4) is 0 Å². The molecular formula is C13H22F3IN6. The van der Waals surface area contributed by atoms with Crippen LogP contribution in [-0.2, 0) is 6.54 Å². The van der Waals surface area contributed by atoms with Crippen molar-refractivity contribution in [2.45, 2.75) is 25.7 Å². The van der Waals surface area contributed by atoms with Crippen molar-refractivity contribution in [3.8, 4) is 0 Å². The number of aromatic nitrogens is 2. The molecule has 1 fully saturated rings. The maximum atomic E-state index is 12.7. The maximum absolute atomic E-state index is 12.7. The Morgan fingerprint density at radius 3 is 2.52 bits per heavy atom. The van der Waals surface area contributed by atoms with Crippen LogP contribution in [0.5, 0.6) is 0 Å². The average molecular weight is 446 g/mol. The summed E-state index contributed by atoms with van der Waals surface area (Å²) in [6, 6.07) is 0.443. The van der Waals surface area contributed by atoms with E-state index in [0.29, 0.717) is 38.7 Å². The maximum Gasteiger partial charge on any atom is 0.403 e. The first-order valence-electron chi connectivity index (χ1n) is 7.16. The molecule has 10 heteroatoms. The summed E-state index contributed by atoms with van der Waals surface area (Å²) in [5, 5.41) is 9.88. The smallest absolute Gasteiger partial charge is 0.351 e. The molecule has 1 aliphatic heterocycles. The molecule has 2 N–H and O–H groups in total. The van der Waals surface area contributed by atoms with Crippen molar-refractivity contribution in [2.75, 3.05) is 33.2 Å². The van der Waals surface area contributed by atoms with Gasteiger partial charge in [0.15, 0.2) is 5.96 Å². The molecule has 2 heterocycles. The highest BCUT2D eigenvalue weighted by Crippen LogP contribution is 2.25. The first-order valence-corrected chi connectivity index (χ1v) is 7.16. The lowest BCUT2D eigenvalue weighted by atomic mass is 10.2. The summed E-state index contributed by atoms with van der Waals surface area (Å²) >= 11 is 0. The zero-order chi connectivity index (χ0) is 16.2. The molecule has 1 unspecified atom stereocenters. The van der Waals surface area contributed by atoms with Crippen LogP contribution in [0.25, 0.3) is 0 Å². The molecule has 1 aromatic heterocycles. The van der Waals surface area contributed by atoms with Gasteiger partial charge in [-0.25, -0.2) is 0 Å². The van der Waals surface area contributed by atoms with E-state index in [-0.39, 0.29) is 24.0 Å². The van der Waals surface area contributed by atoms with Crippen molar-refractivity contribution >= 4 is 29.9 Å². The molecule has 2 rings (SSSR count). The van der Waals surface area contributed by atoms with Crippen LogP contribution in [-0.4, -0.2) is 71.4 Å². The largest absolute Gasteiger partial charge is 0.403 e. The summed E-state index contributed by atoms with van der Waals surface area (Å²) in [5.41, 5.74) is 0.922. The quantitative estimate of drug-likeness (QED) is 0.422. The second-order valence-electron chi connectivity index (χ2n) is 5.22. The number of aromatic amines is 1. The Bertz CT molecular complexity index is 482. The summed E-state index contributed by atoms with van der Waals surface area (Å²) in [6.45, 7) is 3.52. The van der Waals surface area contributed by atoms with Crippen molar-refractivity contribution in [3.05, 3.63) is 18.0 Å². The molecule has 0 amide bonds. The number of aliphatic imine (C=N–C) groups is 1. The summed E-state index contributed by atoms with van der Waals surface area (Å²) < 4.78 is 38.2. The molecule has 132 valence electrons. The van der Waals surface area contributed by atoms with E-state index in [4.69, 9.17) is 0 Å². The molecule has 0 aliphatic carbocycles. The van der Waals surface area contributed by atoms with E-state index >= 15 is 0 Å². The fourth-order valence-electron chi connectivity index (χ4n) is 2.42. The van der Waals surface area contributed by atoms with Gasteiger partial charge >= 0.3 is 6.18 Å². The lowest BCUT2D eigenvalue weighted by Gasteiger charge is -2.39. The van der Waals surface area contributed by atoms with Gasteiger partial charge in [0.1, 0.15) is 6.04 Å². The molecule has 0 bridgehead atoms. The van der Waals surface area contributed by atoms with E-state index in [1.807, 2.05) is 11.0 Å². The second kappa shape index (κ2) is 8.71. The van der Waals surface area contributed by atoms with E-state index < -0.39 is 12.2 Å². The fraction of sp³-hybridized carbons (Fsp3) is 0.692.